The number of ether oxygens (including phenoxy) is 1. The largest absolute Gasteiger partial charge is 0.412 e. The van der Waals surface area contributed by atoms with E-state index in [0.29, 0.717) is 12.3 Å². The Labute approximate surface area is 116 Å². The fraction of sp³-hybridized carbons (Fsp3) is 0.0625. The first-order valence-corrected chi connectivity index (χ1v) is 6.38. The molecule has 0 radical (unpaired) electrons. The number of hydrogen-bond acceptors (Lipinski definition) is 2. The zero-order chi connectivity index (χ0) is 13.8. The molecule has 20 heavy (non-hydrogen) atoms. The number of carbonyl (C=O) groups is 1. The highest BCUT2D eigenvalue weighted by Gasteiger charge is 2.08. The molecule has 0 fully saturated rings. The third-order valence-corrected chi connectivity index (χ3v) is 3.03. The second-order valence-corrected chi connectivity index (χ2v) is 4.43. The van der Waals surface area contributed by atoms with Gasteiger partial charge in [0.2, 0.25) is 0 Å². The van der Waals surface area contributed by atoms with E-state index in [1.807, 2.05) is 54.7 Å². The number of nitrogens with one attached hydrogen (secondary N) is 2. The number of carbonyl (C=O) groups excluding carboxylic acids is 1. The predicted molar refractivity (Wildman–Crippen MR) is 77.6 cm³/mol. The van der Waals surface area contributed by atoms with Gasteiger partial charge >= 0.3 is 6.09 Å². The van der Waals surface area contributed by atoms with E-state index in [1.54, 1.807) is 6.07 Å². The van der Waals surface area contributed by atoms with E-state index >= 15 is 0 Å². The maximum absolute atomic E-state index is 11.8. The Hall–Kier alpha value is -2.75. The summed E-state index contributed by atoms with van der Waals surface area (Å²) >= 11 is 0. The Morgan fingerprint density at radius 3 is 2.75 bits per heavy atom. The SMILES string of the molecule is O=C(NCc1ccccc1)Oc1cccc2cc[nH]c12. The lowest BCUT2D eigenvalue weighted by molar-refractivity contribution is 0.200. The van der Waals surface area contributed by atoms with Crippen LogP contribution < -0.4 is 10.1 Å². The number of hydrogen-bond donors (Lipinski definition) is 2. The van der Waals surface area contributed by atoms with E-state index in [-0.39, 0.29) is 0 Å². The number of benzene rings is 2. The molecule has 0 saturated carbocycles. The van der Waals surface area contributed by atoms with E-state index in [1.165, 1.54) is 0 Å². The lowest BCUT2D eigenvalue weighted by Gasteiger charge is -2.07. The third kappa shape index (κ3) is 2.64. The first kappa shape index (κ1) is 12.3. The van der Waals surface area contributed by atoms with Crippen LogP contribution in [0.5, 0.6) is 5.75 Å². The van der Waals surface area contributed by atoms with Crippen LogP contribution in [0, 0.1) is 0 Å². The number of H-pyrrole nitrogens is 1. The van der Waals surface area contributed by atoms with Crippen LogP contribution in [-0.2, 0) is 6.54 Å². The first-order chi connectivity index (χ1) is 9.83. The molecule has 3 rings (SSSR count). The van der Waals surface area contributed by atoms with Crippen molar-refractivity contribution in [2.24, 2.45) is 0 Å². The van der Waals surface area contributed by atoms with E-state index in [0.717, 1.165) is 16.5 Å². The average molecular weight is 266 g/mol. The van der Waals surface area contributed by atoms with E-state index in [4.69, 9.17) is 4.74 Å². The van der Waals surface area contributed by atoms with Crippen LogP contribution in [-0.4, -0.2) is 11.1 Å². The molecule has 0 bridgehead atoms. The van der Waals surface area contributed by atoms with Crippen molar-refractivity contribution in [2.45, 2.75) is 6.54 Å². The number of fused-ring (bicyclic) bond motifs is 1. The monoisotopic (exact) mass is 266 g/mol. The van der Waals surface area contributed by atoms with Crippen LogP contribution in [0.2, 0.25) is 0 Å². The lowest BCUT2D eigenvalue weighted by Crippen LogP contribution is -2.26. The Morgan fingerprint density at radius 2 is 1.90 bits per heavy atom. The van der Waals surface area contributed by atoms with Crippen LogP contribution in [0.15, 0.2) is 60.8 Å². The number of aromatic amines is 1. The number of para-hydroxylation sites is 1. The van der Waals surface area contributed by atoms with Gasteiger partial charge in [0.05, 0.1) is 5.52 Å². The molecule has 0 atom stereocenters. The smallest absolute Gasteiger partial charge is 0.408 e. The molecule has 1 aromatic heterocycles. The minimum absolute atomic E-state index is 0.445. The van der Waals surface area contributed by atoms with Crippen LogP contribution in [0.25, 0.3) is 10.9 Å². The fourth-order valence-electron chi connectivity index (χ4n) is 2.05. The molecule has 1 heterocycles. The summed E-state index contributed by atoms with van der Waals surface area (Å²) in [5, 5.41) is 3.74. The van der Waals surface area contributed by atoms with Gasteiger partial charge in [0.15, 0.2) is 5.75 Å². The third-order valence-electron chi connectivity index (χ3n) is 3.03. The van der Waals surface area contributed by atoms with Gasteiger partial charge in [-0.3, -0.25) is 0 Å². The Balaban J connectivity index is 1.66. The normalized spacial score (nSPS) is 10.4. The van der Waals surface area contributed by atoms with Gasteiger partial charge in [-0.15, -0.1) is 0 Å². The molecule has 0 spiro atoms. The van der Waals surface area contributed by atoms with Crippen LogP contribution >= 0.6 is 0 Å². The summed E-state index contributed by atoms with van der Waals surface area (Å²) in [6.45, 7) is 0.445. The van der Waals surface area contributed by atoms with Crippen molar-refractivity contribution in [3.05, 3.63) is 66.4 Å². The number of rotatable bonds is 3. The van der Waals surface area contributed by atoms with Crippen molar-refractivity contribution in [3.8, 4) is 5.75 Å². The Bertz CT molecular complexity index is 719. The van der Waals surface area contributed by atoms with Crippen LogP contribution in [0.3, 0.4) is 0 Å². The van der Waals surface area contributed by atoms with Crippen molar-refractivity contribution in [1.29, 1.82) is 0 Å². The van der Waals surface area contributed by atoms with Gasteiger partial charge in [-0.1, -0.05) is 42.5 Å². The van der Waals surface area contributed by atoms with Gasteiger partial charge in [0.1, 0.15) is 0 Å². The van der Waals surface area contributed by atoms with Gasteiger partial charge in [0, 0.05) is 18.1 Å². The molecule has 2 N–H and O–H groups in total. The van der Waals surface area contributed by atoms with Crippen molar-refractivity contribution in [1.82, 2.24) is 10.3 Å². The minimum Gasteiger partial charge on any atom is -0.408 e. The maximum atomic E-state index is 11.8. The molecular formula is C16H14N2O2. The van der Waals surface area contributed by atoms with Gasteiger partial charge in [-0.2, -0.15) is 0 Å². The summed E-state index contributed by atoms with van der Waals surface area (Å²) in [6.07, 6.45) is 1.36. The highest BCUT2D eigenvalue weighted by Crippen LogP contribution is 2.23. The molecule has 0 unspecified atom stereocenters. The molecule has 0 aliphatic rings. The second-order valence-electron chi connectivity index (χ2n) is 4.43. The maximum Gasteiger partial charge on any atom is 0.412 e. The fourth-order valence-corrected chi connectivity index (χ4v) is 2.05. The molecule has 0 aliphatic heterocycles. The molecular weight excluding hydrogens is 252 g/mol. The van der Waals surface area contributed by atoms with Crippen LogP contribution in [0.1, 0.15) is 5.56 Å². The van der Waals surface area contributed by atoms with Crippen molar-refractivity contribution < 1.29 is 9.53 Å². The molecule has 100 valence electrons. The van der Waals surface area contributed by atoms with Crippen molar-refractivity contribution >= 4 is 17.0 Å². The molecule has 0 saturated heterocycles. The molecule has 1 amide bonds. The van der Waals surface area contributed by atoms with E-state index in [2.05, 4.69) is 10.3 Å². The van der Waals surface area contributed by atoms with E-state index < -0.39 is 6.09 Å². The molecule has 0 aliphatic carbocycles. The van der Waals surface area contributed by atoms with Crippen LogP contribution in [0.4, 0.5) is 4.79 Å². The average Bonchev–Trinajstić information content (AvgIpc) is 2.96. The summed E-state index contributed by atoms with van der Waals surface area (Å²) in [5.74, 6) is 0.526. The van der Waals surface area contributed by atoms with Crippen molar-refractivity contribution in [2.75, 3.05) is 0 Å². The molecule has 4 nitrogen and oxygen atoms in total. The second kappa shape index (κ2) is 5.48. The zero-order valence-electron chi connectivity index (χ0n) is 10.8. The highest BCUT2D eigenvalue weighted by atomic mass is 16.6. The summed E-state index contributed by atoms with van der Waals surface area (Å²) < 4.78 is 5.33. The topological polar surface area (TPSA) is 54.1 Å². The quantitative estimate of drug-likeness (QED) is 0.762. The molecule has 4 heteroatoms. The van der Waals surface area contributed by atoms with Gasteiger partial charge in [0.25, 0.3) is 0 Å². The minimum atomic E-state index is -0.462. The van der Waals surface area contributed by atoms with Gasteiger partial charge in [-0.25, -0.2) is 4.79 Å². The number of aromatic nitrogens is 1. The highest BCUT2D eigenvalue weighted by molar-refractivity contribution is 5.87. The van der Waals surface area contributed by atoms with E-state index in [9.17, 15) is 4.79 Å². The zero-order valence-corrected chi connectivity index (χ0v) is 10.8. The standard InChI is InChI=1S/C16H14N2O2/c19-16(18-11-12-5-2-1-3-6-12)20-14-8-4-7-13-9-10-17-15(13)14/h1-10,17H,11H2,(H,18,19). The lowest BCUT2D eigenvalue weighted by atomic mass is 10.2. The Morgan fingerprint density at radius 1 is 1.05 bits per heavy atom. The summed E-state index contributed by atoms with van der Waals surface area (Å²) in [5.41, 5.74) is 1.85. The van der Waals surface area contributed by atoms with Gasteiger partial charge in [-0.05, 0) is 17.7 Å². The number of amides is 1. The summed E-state index contributed by atoms with van der Waals surface area (Å²) in [4.78, 5) is 14.9. The first-order valence-electron chi connectivity index (χ1n) is 6.38. The molecule has 2 aromatic carbocycles. The summed E-state index contributed by atoms with van der Waals surface area (Å²) in [7, 11) is 0. The van der Waals surface area contributed by atoms with Gasteiger partial charge < -0.3 is 15.0 Å². The predicted octanol–water partition coefficient (Wildman–Crippen LogP) is 3.46. The Kier molecular flexibility index (Phi) is 3.37. The molecule has 3 aromatic rings. The van der Waals surface area contributed by atoms with Crippen molar-refractivity contribution in [3.63, 3.8) is 0 Å². The summed E-state index contributed by atoms with van der Waals surface area (Å²) in [6, 6.07) is 17.2.